The third kappa shape index (κ3) is 7.62. The number of carbonyl (C=O) groups excluding carboxylic acids is 2. The number of H-pyrrole nitrogens is 2. The van der Waals surface area contributed by atoms with E-state index in [9.17, 15) is 9.59 Å². The molecule has 9 heteroatoms. The number of aromatic amines is 2. The molecule has 0 unspecified atom stereocenters. The van der Waals surface area contributed by atoms with Gasteiger partial charge in [-0.3, -0.25) is 9.59 Å². The minimum absolute atomic E-state index is 0.176. The Hall–Kier alpha value is -4.44. The number of nitrogens with one attached hydrogen (secondary N) is 2. The molecule has 1 aliphatic rings. The van der Waals surface area contributed by atoms with Gasteiger partial charge in [-0.25, -0.2) is 0 Å². The van der Waals surface area contributed by atoms with E-state index in [1.807, 2.05) is 78.0 Å². The maximum atomic E-state index is 12.6. The van der Waals surface area contributed by atoms with E-state index in [1.165, 1.54) is 15.7 Å². The monoisotopic (exact) mass is 634 g/mol. The predicted molar refractivity (Wildman–Crippen MR) is 182 cm³/mol. The molecule has 4 aromatic carbocycles. The van der Waals surface area contributed by atoms with Crippen molar-refractivity contribution in [2.24, 2.45) is 5.73 Å². The molecule has 2 aromatic heterocycles. The number of para-hydroxylation sites is 2. The van der Waals surface area contributed by atoms with Gasteiger partial charge in [-0.15, -0.1) is 0 Å². The van der Waals surface area contributed by atoms with Crippen LogP contribution in [0.15, 0.2) is 129 Å². The summed E-state index contributed by atoms with van der Waals surface area (Å²) in [5, 5.41) is 2.40. The summed E-state index contributed by atoms with van der Waals surface area (Å²) in [5.41, 5.74) is 9.59. The molecule has 0 radical (unpaired) electrons. The van der Waals surface area contributed by atoms with Crippen molar-refractivity contribution < 1.29 is 14.3 Å². The largest absolute Gasteiger partial charge is 0.378 e. The number of morpholine rings is 1. The van der Waals surface area contributed by atoms with Crippen LogP contribution < -0.4 is 5.73 Å². The number of fused-ring (bicyclic) bond motifs is 2. The third-order valence-electron chi connectivity index (χ3n) is 7.56. The number of hydrogen-bond acceptors (Lipinski definition) is 5. The van der Waals surface area contributed by atoms with E-state index in [1.54, 1.807) is 23.5 Å². The predicted octanol–water partition coefficient (Wildman–Crippen LogP) is 7.07. The minimum Gasteiger partial charge on any atom is -0.378 e. The molecule has 4 N–H and O–H groups in total. The van der Waals surface area contributed by atoms with Crippen molar-refractivity contribution in [1.82, 2.24) is 14.9 Å². The quantitative estimate of drug-likeness (QED) is 0.166. The molecule has 6 aromatic rings. The van der Waals surface area contributed by atoms with Crippen LogP contribution in [0.1, 0.15) is 11.1 Å². The van der Waals surface area contributed by atoms with E-state index in [0.29, 0.717) is 32.7 Å². The number of aromatic nitrogens is 2. The van der Waals surface area contributed by atoms with Crippen LogP contribution in [0.4, 0.5) is 0 Å². The number of nitrogens with zero attached hydrogens (tertiary/aromatic N) is 1. The molecule has 1 aliphatic heterocycles. The minimum atomic E-state index is -0.308. The second-order valence-electron chi connectivity index (χ2n) is 10.6. The average Bonchev–Trinajstić information content (AvgIpc) is 3.67. The Balaban J connectivity index is 0.000000163. The molecule has 2 amide bonds. The molecular formula is C36H34N4O3S2. The van der Waals surface area contributed by atoms with Gasteiger partial charge >= 0.3 is 0 Å². The van der Waals surface area contributed by atoms with Gasteiger partial charge in [0.05, 0.1) is 26.1 Å². The lowest BCUT2D eigenvalue weighted by molar-refractivity contribution is -0.134. The molecule has 1 fully saturated rings. The van der Waals surface area contributed by atoms with Crippen LogP contribution in [-0.2, 0) is 27.2 Å². The Labute approximate surface area is 270 Å². The molecule has 3 heterocycles. The summed E-state index contributed by atoms with van der Waals surface area (Å²) in [6.07, 6.45) is 4.74. The molecular weight excluding hydrogens is 601 g/mol. The van der Waals surface area contributed by atoms with Crippen molar-refractivity contribution >= 4 is 57.1 Å². The Bertz CT molecular complexity index is 1930. The number of amides is 2. The highest BCUT2D eigenvalue weighted by Crippen LogP contribution is 2.36. The zero-order chi connectivity index (χ0) is 31.0. The topological polar surface area (TPSA) is 104 Å². The SMILES string of the molecule is NC(=O)Cc1ccccc1Sc1c[nH]c2ccccc12.O=C(Cc1ccccc1Sc1c[nH]c2ccccc12)N1CCOCC1. The molecule has 1 saturated heterocycles. The van der Waals surface area contributed by atoms with E-state index in [-0.39, 0.29) is 18.2 Å². The normalized spacial score (nSPS) is 13.0. The van der Waals surface area contributed by atoms with Gasteiger partial charge in [-0.1, -0.05) is 96.3 Å². The molecule has 228 valence electrons. The summed E-state index contributed by atoms with van der Waals surface area (Å²) >= 11 is 3.37. The second-order valence-corrected chi connectivity index (χ2v) is 12.8. The molecule has 7 rings (SSSR count). The maximum Gasteiger partial charge on any atom is 0.227 e. The van der Waals surface area contributed by atoms with Crippen LogP contribution in [0.25, 0.3) is 21.8 Å². The fourth-order valence-corrected chi connectivity index (χ4v) is 7.39. The van der Waals surface area contributed by atoms with Crippen LogP contribution in [0.5, 0.6) is 0 Å². The van der Waals surface area contributed by atoms with E-state index in [2.05, 4.69) is 46.4 Å². The van der Waals surface area contributed by atoms with Crippen molar-refractivity contribution in [3.63, 3.8) is 0 Å². The highest BCUT2D eigenvalue weighted by Gasteiger charge is 2.19. The number of benzene rings is 4. The van der Waals surface area contributed by atoms with E-state index in [0.717, 1.165) is 36.8 Å². The van der Waals surface area contributed by atoms with Crippen LogP contribution in [-0.4, -0.2) is 53.0 Å². The second kappa shape index (κ2) is 14.6. The summed E-state index contributed by atoms with van der Waals surface area (Å²) in [5.74, 6) is -0.132. The van der Waals surface area contributed by atoms with Crippen LogP contribution in [0, 0.1) is 0 Å². The number of rotatable bonds is 8. The van der Waals surface area contributed by atoms with Crippen molar-refractivity contribution in [1.29, 1.82) is 0 Å². The smallest absolute Gasteiger partial charge is 0.227 e. The molecule has 0 atom stereocenters. The van der Waals surface area contributed by atoms with Crippen LogP contribution >= 0.6 is 23.5 Å². The summed E-state index contributed by atoms with van der Waals surface area (Å²) in [6.45, 7) is 2.65. The van der Waals surface area contributed by atoms with Crippen molar-refractivity contribution in [2.45, 2.75) is 32.4 Å². The van der Waals surface area contributed by atoms with Crippen LogP contribution in [0.2, 0.25) is 0 Å². The van der Waals surface area contributed by atoms with E-state index < -0.39 is 0 Å². The summed E-state index contributed by atoms with van der Waals surface area (Å²) in [7, 11) is 0. The Morgan fingerprint density at radius 3 is 1.64 bits per heavy atom. The summed E-state index contributed by atoms with van der Waals surface area (Å²) < 4.78 is 5.33. The van der Waals surface area contributed by atoms with E-state index >= 15 is 0 Å². The molecule has 7 nitrogen and oxygen atoms in total. The Morgan fingerprint density at radius 1 is 0.644 bits per heavy atom. The van der Waals surface area contributed by atoms with Crippen molar-refractivity contribution in [3.8, 4) is 0 Å². The van der Waals surface area contributed by atoms with Gasteiger partial charge < -0.3 is 25.3 Å². The summed E-state index contributed by atoms with van der Waals surface area (Å²) in [6, 6.07) is 32.5. The summed E-state index contributed by atoms with van der Waals surface area (Å²) in [4.78, 5) is 36.7. The number of primary amides is 1. The van der Waals surface area contributed by atoms with Gasteiger partial charge in [0.25, 0.3) is 0 Å². The van der Waals surface area contributed by atoms with Gasteiger partial charge in [0.2, 0.25) is 11.8 Å². The fourth-order valence-electron chi connectivity index (χ4n) is 5.27. The van der Waals surface area contributed by atoms with Crippen molar-refractivity contribution in [2.75, 3.05) is 26.3 Å². The lowest BCUT2D eigenvalue weighted by atomic mass is 10.1. The molecule has 0 spiro atoms. The van der Waals surface area contributed by atoms with Gasteiger partial charge in [0, 0.05) is 66.9 Å². The highest BCUT2D eigenvalue weighted by atomic mass is 32.2. The first-order valence-corrected chi connectivity index (χ1v) is 16.5. The standard InChI is InChI=1S/C20H20N2O2S.C16H14N2OS/c23-20(22-9-11-24-12-10-22)13-15-5-1-4-8-18(15)25-19-14-21-17-7-3-2-6-16(17)19;17-16(19)9-11-5-1-4-8-14(11)20-15-10-18-13-7-3-2-6-12(13)15/h1-8,14,21H,9-13H2;1-8,10,18H,9H2,(H2,17,19). The molecule has 0 saturated carbocycles. The zero-order valence-electron chi connectivity index (χ0n) is 24.7. The Morgan fingerprint density at radius 2 is 1.11 bits per heavy atom. The first-order valence-electron chi connectivity index (χ1n) is 14.8. The van der Waals surface area contributed by atoms with Gasteiger partial charge in [0.15, 0.2) is 0 Å². The molecule has 0 bridgehead atoms. The maximum absolute atomic E-state index is 12.6. The fraction of sp³-hybridized carbons (Fsp3) is 0.167. The Kier molecular flexibility index (Phi) is 9.89. The number of carbonyl (C=O) groups is 2. The van der Waals surface area contributed by atoms with Crippen LogP contribution in [0.3, 0.4) is 0 Å². The van der Waals surface area contributed by atoms with Gasteiger partial charge in [-0.05, 0) is 35.4 Å². The zero-order valence-corrected chi connectivity index (χ0v) is 26.3. The average molecular weight is 635 g/mol. The first kappa shape index (κ1) is 30.6. The van der Waals surface area contributed by atoms with Gasteiger partial charge in [-0.2, -0.15) is 0 Å². The first-order chi connectivity index (χ1) is 22.0. The lowest BCUT2D eigenvalue weighted by Crippen LogP contribution is -2.41. The van der Waals surface area contributed by atoms with Gasteiger partial charge in [0.1, 0.15) is 0 Å². The third-order valence-corrected chi connectivity index (χ3v) is 9.91. The number of ether oxygens (including phenoxy) is 1. The number of hydrogen-bond donors (Lipinski definition) is 3. The molecule has 45 heavy (non-hydrogen) atoms. The van der Waals surface area contributed by atoms with Crippen molar-refractivity contribution in [3.05, 3.63) is 121 Å². The highest BCUT2D eigenvalue weighted by molar-refractivity contribution is 8.00. The van der Waals surface area contributed by atoms with E-state index in [4.69, 9.17) is 10.5 Å². The lowest BCUT2D eigenvalue weighted by Gasteiger charge is -2.27. The number of nitrogens with two attached hydrogens (primary N) is 1. The molecule has 0 aliphatic carbocycles.